The predicted octanol–water partition coefficient (Wildman–Crippen LogP) is 3.55. The number of amides is 1. The lowest BCUT2D eigenvalue weighted by Gasteiger charge is -2.27. The highest BCUT2D eigenvalue weighted by molar-refractivity contribution is 6.02. The van der Waals surface area contributed by atoms with E-state index in [1.165, 1.54) is 16.8 Å². The number of fused-ring (bicyclic) bond motifs is 1. The van der Waals surface area contributed by atoms with Gasteiger partial charge in [-0.15, -0.1) is 0 Å². The van der Waals surface area contributed by atoms with Crippen molar-refractivity contribution in [1.82, 2.24) is 14.9 Å². The van der Waals surface area contributed by atoms with Gasteiger partial charge in [0, 0.05) is 24.0 Å². The number of aromatic nitrogens is 2. The standard InChI is InChI=1S/C22H22F2N4O3/c1-2-18(22(30)31)26-21(29)16-12-25-28-9-7-14(11-20(16)28)27-8-3-4-19(27)15-10-13(23)5-6-17(15)24/h5-7,9-12,18-19H,2-4,8H2,1H3,(H,26,29)(H,30,31)/t18-,19?/m1/s1. The third kappa shape index (κ3) is 3.95. The normalized spacial score (nSPS) is 17.1. The molecule has 1 unspecified atom stereocenters. The summed E-state index contributed by atoms with van der Waals surface area (Å²) in [6.45, 7) is 2.33. The van der Waals surface area contributed by atoms with E-state index in [1.54, 1.807) is 19.2 Å². The van der Waals surface area contributed by atoms with Crippen LogP contribution in [0.15, 0.2) is 42.7 Å². The number of carboxylic acid groups (broad SMARTS) is 1. The Hall–Kier alpha value is -3.49. The Kier molecular flexibility index (Phi) is 5.58. The third-order valence-electron chi connectivity index (χ3n) is 5.66. The number of halogens is 2. The maximum atomic E-state index is 14.4. The molecule has 0 bridgehead atoms. The number of carboxylic acids is 1. The van der Waals surface area contributed by atoms with Crippen LogP contribution in [-0.2, 0) is 4.79 Å². The molecule has 0 spiro atoms. The van der Waals surface area contributed by atoms with Crippen molar-refractivity contribution >= 4 is 23.1 Å². The first kappa shape index (κ1) is 20.8. The van der Waals surface area contributed by atoms with Crippen LogP contribution < -0.4 is 10.2 Å². The lowest BCUT2D eigenvalue weighted by atomic mass is 10.0. The van der Waals surface area contributed by atoms with E-state index in [2.05, 4.69) is 10.4 Å². The van der Waals surface area contributed by atoms with Gasteiger partial charge < -0.3 is 15.3 Å². The predicted molar refractivity (Wildman–Crippen MR) is 110 cm³/mol. The molecular weight excluding hydrogens is 406 g/mol. The molecule has 2 atom stereocenters. The van der Waals surface area contributed by atoms with Crippen LogP contribution in [0.25, 0.3) is 5.52 Å². The van der Waals surface area contributed by atoms with Crippen LogP contribution in [0, 0.1) is 11.6 Å². The molecule has 9 heteroatoms. The molecule has 7 nitrogen and oxygen atoms in total. The lowest BCUT2D eigenvalue weighted by Crippen LogP contribution is -2.40. The van der Waals surface area contributed by atoms with Gasteiger partial charge in [-0.2, -0.15) is 5.10 Å². The van der Waals surface area contributed by atoms with Crippen molar-refractivity contribution in [3.8, 4) is 0 Å². The highest BCUT2D eigenvalue weighted by Crippen LogP contribution is 2.38. The Labute approximate surface area is 177 Å². The number of anilines is 1. The zero-order valence-corrected chi connectivity index (χ0v) is 16.9. The van der Waals surface area contributed by atoms with Gasteiger partial charge in [0.25, 0.3) is 5.91 Å². The maximum absolute atomic E-state index is 14.4. The zero-order valence-electron chi connectivity index (χ0n) is 16.9. The fraction of sp³-hybridized carbons (Fsp3) is 0.318. The zero-order chi connectivity index (χ0) is 22.1. The summed E-state index contributed by atoms with van der Waals surface area (Å²) in [5, 5.41) is 15.9. The van der Waals surface area contributed by atoms with E-state index >= 15 is 0 Å². The highest BCUT2D eigenvalue weighted by Gasteiger charge is 2.29. The van der Waals surface area contributed by atoms with E-state index in [1.807, 2.05) is 11.0 Å². The van der Waals surface area contributed by atoms with Crippen molar-refractivity contribution < 1.29 is 23.5 Å². The van der Waals surface area contributed by atoms with Crippen LogP contribution in [0.2, 0.25) is 0 Å². The molecule has 1 fully saturated rings. The van der Waals surface area contributed by atoms with Crippen LogP contribution >= 0.6 is 0 Å². The Balaban J connectivity index is 1.67. The number of hydrogen-bond acceptors (Lipinski definition) is 4. The quantitative estimate of drug-likeness (QED) is 0.627. The number of carbonyl (C=O) groups is 2. The summed E-state index contributed by atoms with van der Waals surface area (Å²) in [5.41, 5.74) is 1.80. The first-order valence-electron chi connectivity index (χ1n) is 10.1. The molecule has 1 aliphatic rings. The minimum absolute atomic E-state index is 0.245. The minimum atomic E-state index is -1.11. The summed E-state index contributed by atoms with van der Waals surface area (Å²) in [4.78, 5) is 25.9. The third-order valence-corrected chi connectivity index (χ3v) is 5.66. The summed E-state index contributed by atoms with van der Waals surface area (Å²) < 4.78 is 29.7. The monoisotopic (exact) mass is 428 g/mol. The number of benzene rings is 1. The first-order valence-corrected chi connectivity index (χ1v) is 10.1. The first-order chi connectivity index (χ1) is 14.9. The average molecular weight is 428 g/mol. The Bertz CT molecular complexity index is 1150. The number of nitrogens with zero attached hydrogens (tertiary/aromatic N) is 3. The number of carbonyl (C=O) groups excluding carboxylic acids is 1. The molecule has 2 N–H and O–H groups in total. The lowest BCUT2D eigenvalue weighted by molar-refractivity contribution is -0.139. The van der Waals surface area contributed by atoms with Crippen LogP contribution in [0.4, 0.5) is 14.5 Å². The Morgan fingerprint density at radius 1 is 1.29 bits per heavy atom. The number of hydrogen-bond donors (Lipinski definition) is 2. The van der Waals surface area contributed by atoms with Gasteiger partial charge >= 0.3 is 5.97 Å². The van der Waals surface area contributed by atoms with E-state index in [-0.39, 0.29) is 18.0 Å². The van der Waals surface area contributed by atoms with Crippen molar-refractivity contribution in [1.29, 1.82) is 0 Å². The Morgan fingerprint density at radius 2 is 2.10 bits per heavy atom. The number of aliphatic carboxylic acids is 1. The molecule has 0 aliphatic carbocycles. The van der Waals surface area contributed by atoms with E-state index in [0.717, 1.165) is 24.2 Å². The molecule has 162 valence electrons. The molecule has 1 aliphatic heterocycles. The van der Waals surface area contributed by atoms with Gasteiger partial charge in [0.05, 0.1) is 23.3 Å². The second-order valence-electron chi connectivity index (χ2n) is 7.56. The van der Waals surface area contributed by atoms with Crippen molar-refractivity contribution in [3.63, 3.8) is 0 Å². The molecule has 1 amide bonds. The molecule has 31 heavy (non-hydrogen) atoms. The average Bonchev–Trinajstić information content (AvgIpc) is 3.40. The molecule has 1 aromatic carbocycles. The summed E-state index contributed by atoms with van der Waals surface area (Å²) in [7, 11) is 0. The van der Waals surface area contributed by atoms with Crippen LogP contribution in [0.3, 0.4) is 0 Å². The van der Waals surface area contributed by atoms with Crippen LogP contribution in [-0.4, -0.2) is 39.2 Å². The fourth-order valence-corrected chi connectivity index (χ4v) is 4.07. The molecule has 2 aromatic heterocycles. The molecule has 0 saturated carbocycles. The van der Waals surface area contributed by atoms with Gasteiger partial charge in [-0.05, 0) is 49.6 Å². The van der Waals surface area contributed by atoms with Gasteiger partial charge in [0.1, 0.15) is 17.7 Å². The van der Waals surface area contributed by atoms with E-state index < -0.39 is 29.6 Å². The van der Waals surface area contributed by atoms with Gasteiger partial charge in [-0.1, -0.05) is 6.92 Å². The summed E-state index contributed by atoms with van der Waals surface area (Å²) in [5.74, 6) is -2.58. The summed E-state index contributed by atoms with van der Waals surface area (Å²) >= 11 is 0. The van der Waals surface area contributed by atoms with Gasteiger partial charge in [0.15, 0.2) is 0 Å². The molecule has 0 radical (unpaired) electrons. The molecule has 3 heterocycles. The van der Waals surface area contributed by atoms with E-state index in [0.29, 0.717) is 24.0 Å². The van der Waals surface area contributed by atoms with Crippen molar-refractivity contribution in [3.05, 3.63) is 65.5 Å². The molecular formula is C22H22F2N4O3. The molecule has 4 rings (SSSR count). The van der Waals surface area contributed by atoms with Gasteiger partial charge in [-0.3, -0.25) is 4.79 Å². The minimum Gasteiger partial charge on any atom is -0.480 e. The number of nitrogens with one attached hydrogen (secondary N) is 1. The highest BCUT2D eigenvalue weighted by atomic mass is 19.1. The largest absolute Gasteiger partial charge is 0.480 e. The number of pyridine rings is 1. The van der Waals surface area contributed by atoms with Gasteiger partial charge in [0.2, 0.25) is 0 Å². The summed E-state index contributed by atoms with van der Waals surface area (Å²) in [6, 6.07) is 5.71. The van der Waals surface area contributed by atoms with E-state index in [4.69, 9.17) is 0 Å². The molecule has 3 aromatic rings. The number of rotatable bonds is 6. The van der Waals surface area contributed by atoms with Crippen molar-refractivity contribution in [2.45, 2.75) is 38.3 Å². The van der Waals surface area contributed by atoms with Crippen LogP contribution in [0.1, 0.15) is 48.1 Å². The topological polar surface area (TPSA) is 86.9 Å². The SMILES string of the molecule is CC[C@@H](NC(=O)c1cnn2ccc(N3CCCC3c3cc(F)ccc3F)cc12)C(=O)O. The fourth-order valence-electron chi connectivity index (χ4n) is 4.07. The second-order valence-corrected chi connectivity index (χ2v) is 7.56. The van der Waals surface area contributed by atoms with Gasteiger partial charge in [-0.25, -0.2) is 18.1 Å². The Morgan fingerprint density at radius 3 is 2.84 bits per heavy atom. The second kappa shape index (κ2) is 8.33. The van der Waals surface area contributed by atoms with E-state index in [9.17, 15) is 23.5 Å². The maximum Gasteiger partial charge on any atom is 0.326 e. The smallest absolute Gasteiger partial charge is 0.326 e. The summed E-state index contributed by atoms with van der Waals surface area (Å²) in [6.07, 6.45) is 4.81. The van der Waals surface area contributed by atoms with Crippen LogP contribution in [0.5, 0.6) is 0 Å². The van der Waals surface area contributed by atoms with Crippen molar-refractivity contribution in [2.24, 2.45) is 0 Å². The molecule has 1 saturated heterocycles. The van der Waals surface area contributed by atoms with Crippen molar-refractivity contribution in [2.75, 3.05) is 11.4 Å².